The van der Waals surface area contributed by atoms with Crippen molar-refractivity contribution in [3.05, 3.63) is 33.3 Å². The molecule has 0 saturated carbocycles. The lowest BCUT2D eigenvalue weighted by molar-refractivity contribution is 0.0746. The summed E-state index contributed by atoms with van der Waals surface area (Å²) in [6, 6.07) is 5.72. The Morgan fingerprint density at radius 2 is 2.31 bits per heavy atom. The average Bonchev–Trinajstić information content (AvgIpc) is 2.68. The van der Waals surface area contributed by atoms with Crippen molar-refractivity contribution in [3.63, 3.8) is 0 Å². The second-order valence-corrected chi connectivity index (χ2v) is 5.29. The number of rotatable bonds is 1. The van der Waals surface area contributed by atoms with Gasteiger partial charge in [0.2, 0.25) is 0 Å². The normalized spacial score (nSPS) is 20.2. The number of amides is 1. The Morgan fingerprint density at radius 3 is 2.94 bits per heavy atom. The molecule has 1 saturated heterocycles. The second-order valence-electron chi connectivity index (χ2n) is 4.09. The van der Waals surface area contributed by atoms with Crippen molar-refractivity contribution in [2.75, 3.05) is 6.54 Å². The third kappa shape index (κ3) is 2.11. The minimum absolute atomic E-state index is 0.0689. The molecule has 1 aliphatic rings. The van der Waals surface area contributed by atoms with Gasteiger partial charge in [-0.25, -0.2) is 0 Å². The predicted molar refractivity (Wildman–Crippen MR) is 68.9 cm³/mol. The van der Waals surface area contributed by atoms with Gasteiger partial charge < -0.3 is 4.90 Å². The number of benzene rings is 1. The summed E-state index contributed by atoms with van der Waals surface area (Å²) < 4.78 is 0.695. The first-order valence-electron chi connectivity index (χ1n) is 5.36. The van der Waals surface area contributed by atoms with E-state index in [1.165, 1.54) is 0 Å². The van der Waals surface area contributed by atoms with E-state index in [9.17, 15) is 4.79 Å². The third-order valence-electron chi connectivity index (χ3n) is 3.00. The van der Waals surface area contributed by atoms with Crippen LogP contribution in [0.4, 0.5) is 0 Å². The molecule has 16 heavy (non-hydrogen) atoms. The van der Waals surface area contributed by atoms with Crippen LogP contribution in [-0.4, -0.2) is 23.4 Å². The van der Waals surface area contributed by atoms with E-state index in [1.54, 1.807) is 12.1 Å². The lowest BCUT2D eigenvalue weighted by atomic mass is 10.2. The van der Waals surface area contributed by atoms with E-state index >= 15 is 0 Å². The molecule has 1 aromatic rings. The standard InChI is InChI=1S/C12H13BrClNO/c1-8-4-3-7-15(8)12(16)9-5-2-6-10(14)11(9)13/h2,5-6,8H,3-4,7H2,1H3/t8-/m1/s1. The second kappa shape index (κ2) is 4.76. The van der Waals surface area contributed by atoms with E-state index in [2.05, 4.69) is 22.9 Å². The van der Waals surface area contributed by atoms with Crippen molar-refractivity contribution in [1.82, 2.24) is 4.90 Å². The Balaban J connectivity index is 2.30. The van der Waals surface area contributed by atoms with Gasteiger partial charge in [-0.3, -0.25) is 4.79 Å². The number of likely N-dealkylation sites (tertiary alicyclic amines) is 1. The SMILES string of the molecule is C[C@@H]1CCCN1C(=O)c1cccc(Cl)c1Br. The fraction of sp³-hybridized carbons (Fsp3) is 0.417. The van der Waals surface area contributed by atoms with Crippen molar-refractivity contribution in [2.24, 2.45) is 0 Å². The molecule has 1 atom stereocenters. The molecule has 0 radical (unpaired) electrons. The van der Waals surface area contributed by atoms with E-state index in [4.69, 9.17) is 11.6 Å². The van der Waals surface area contributed by atoms with Crippen LogP contribution in [0.5, 0.6) is 0 Å². The minimum atomic E-state index is 0.0689. The molecule has 0 aromatic heterocycles. The zero-order valence-electron chi connectivity index (χ0n) is 9.04. The third-order valence-corrected chi connectivity index (χ3v) is 4.39. The van der Waals surface area contributed by atoms with Gasteiger partial charge in [0.1, 0.15) is 0 Å². The zero-order chi connectivity index (χ0) is 11.7. The first-order chi connectivity index (χ1) is 7.61. The summed E-state index contributed by atoms with van der Waals surface area (Å²) in [7, 11) is 0. The molecule has 0 aliphatic carbocycles. The summed E-state index contributed by atoms with van der Waals surface area (Å²) in [4.78, 5) is 14.2. The molecule has 1 fully saturated rings. The van der Waals surface area contributed by atoms with Crippen LogP contribution < -0.4 is 0 Å². The highest BCUT2D eigenvalue weighted by Crippen LogP contribution is 2.29. The Bertz CT molecular complexity index is 421. The Morgan fingerprint density at radius 1 is 1.56 bits per heavy atom. The van der Waals surface area contributed by atoms with Crippen LogP contribution in [0.1, 0.15) is 30.1 Å². The minimum Gasteiger partial charge on any atom is -0.336 e. The van der Waals surface area contributed by atoms with E-state index in [0.29, 0.717) is 21.1 Å². The number of carbonyl (C=O) groups is 1. The van der Waals surface area contributed by atoms with E-state index in [-0.39, 0.29) is 5.91 Å². The van der Waals surface area contributed by atoms with Crippen LogP contribution in [0.25, 0.3) is 0 Å². The topological polar surface area (TPSA) is 20.3 Å². The number of carbonyl (C=O) groups excluding carboxylic acids is 1. The molecule has 1 heterocycles. The monoisotopic (exact) mass is 301 g/mol. The van der Waals surface area contributed by atoms with Crippen molar-refractivity contribution in [1.29, 1.82) is 0 Å². The van der Waals surface area contributed by atoms with Crippen molar-refractivity contribution in [3.8, 4) is 0 Å². The van der Waals surface area contributed by atoms with Gasteiger partial charge in [0.05, 0.1) is 10.6 Å². The lowest BCUT2D eigenvalue weighted by Gasteiger charge is -2.22. The Hall–Kier alpha value is -0.540. The Labute approximate surface area is 109 Å². The number of halogens is 2. The smallest absolute Gasteiger partial charge is 0.255 e. The summed E-state index contributed by atoms with van der Waals surface area (Å²) >= 11 is 9.35. The molecule has 86 valence electrons. The zero-order valence-corrected chi connectivity index (χ0v) is 11.4. The summed E-state index contributed by atoms with van der Waals surface area (Å²) in [6.45, 7) is 2.93. The molecule has 1 aliphatic heterocycles. The number of hydrogen-bond acceptors (Lipinski definition) is 1. The highest BCUT2D eigenvalue weighted by molar-refractivity contribution is 9.10. The molecule has 0 unspecified atom stereocenters. The summed E-state index contributed by atoms with van der Waals surface area (Å²) in [5, 5.41) is 0.581. The van der Waals surface area contributed by atoms with E-state index in [1.807, 2.05) is 11.0 Å². The molecular formula is C12H13BrClNO. The molecular weight excluding hydrogens is 289 g/mol. The van der Waals surface area contributed by atoms with Gasteiger partial charge in [-0.15, -0.1) is 0 Å². The van der Waals surface area contributed by atoms with Gasteiger partial charge in [-0.05, 0) is 47.8 Å². The van der Waals surface area contributed by atoms with Gasteiger partial charge in [0.15, 0.2) is 0 Å². The highest BCUT2D eigenvalue weighted by Gasteiger charge is 2.27. The number of hydrogen-bond donors (Lipinski definition) is 0. The molecule has 0 spiro atoms. The largest absolute Gasteiger partial charge is 0.336 e. The van der Waals surface area contributed by atoms with Crippen LogP contribution in [0.3, 0.4) is 0 Å². The van der Waals surface area contributed by atoms with Gasteiger partial charge in [0.25, 0.3) is 5.91 Å². The maximum Gasteiger partial charge on any atom is 0.255 e. The van der Waals surface area contributed by atoms with Crippen molar-refractivity contribution < 1.29 is 4.79 Å². The molecule has 4 heteroatoms. The average molecular weight is 303 g/mol. The maximum absolute atomic E-state index is 12.3. The molecule has 1 aromatic carbocycles. The molecule has 0 bridgehead atoms. The predicted octanol–water partition coefficient (Wildman–Crippen LogP) is 3.73. The number of nitrogens with zero attached hydrogens (tertiary/aromatic N) is 1. The summed E-state index contributed by atoms with van der Waals surface area (Å²) in [6.07, 6.45) is 2.18. The van der Waals surface area contributed by atoms with Gasteiger partial charge >= 0.3 is 0 Å². The first-order valence-corrected chi connectivity index (χ1v) is 6.53. The fourth-order valence-corrected chi connectivity index (χ4v) is 2.67. The highest BCUT2D eigenvalue weighted by atomic mass is 79.9. The van der Waals surface area contributed by atoms with Gasteiger partial charge in [-0.1, -0.05) is 17.7 Å². The molecule has 2 rings (SSSR count). The quantitative estimate of drug-likeness (QED) is 0.774. The van der Waals surface area contributed by atoms with Crippen molar-refractivity contribution >= 4 is 33.4 Å². The van der Waals surface area contributed by atoms with Crippen LogP contribution in [0.15, 0.2) is 22.7 Å². The van der Waals surface area contributed by atoms with E-state index < -0.39 is 0 Å². The maximum atomic E-state index is 12.3. The molecule has 0 N–H and O–H groups in total. The lowest BCUT2D eigenvalue weighted by Crippen LogP contribution is -2.33. The van der Waals surface area contributed by atoms with Crippen LogP contribution in [0, 0.1) is 0 Å². The van der Waals surface area contributed by atoms with Crippen LogP contribution in [0.2, 0.25) is 5.02 Å². The first kappa shape index (κ1) is 11.9. The van der Waals surface area contributed by atoms with E-state index in [0.717, 1.165) is 19.4 Å². The molecule has 1 amide bonds. The van der Waals surface area contributed by atoms with Gasteiger partial charge in [0, 0.05) is 17.1 Å². The Kier molecular flexibility index (Phi) is 3.55. The molecule has 2 nitrogen and oxygen atoms in total. The summed E-state index contributed by atoms with van der Waals surface area (Å²) in [5.41, 5.74) is 0.654. The summed E-state index contributed by atoms with van der Waals surface area (Å²) in [5.74, 6) is 0.0689. The van der Waals surface area contributed by atoms with Crippen LogP contribution in [-0.2, 0) is 0 Å². The fourth-order valence-electron chi connectivity index (χ4n) is 2.06. The van der Waals surface area contributed by atoms with Crippen LogP contribution >= 0.6 is 27.5 Å². The van der Waals surface area contributed by atoms with Gasteiger partial charge in [-0.2, -0.15) is 0 Å². The van der Waals surface area contributed by atoms with Crippen molar-refractivity contribution in [2.45, 2.75) is 25.8 Å².